The maximum Gasteiger partial charge on any atom is 0.169 e. The molecule has 7 heteroatoms. The van der Waals surface area contributed by atoms with E-state index >= 15 is 0 Å². The minimum Gasteiger partial charge on any atom is -0.486 e. The molecule has 5 aromatic rings. The van der Waals surface area contributed by atoms with Crippen LogP contribution in [-0.4, -0.2) is 19.2 Å². The van der Waals surface area contributed by atoms with Crippen LogP contribution in [0.1, 0.15) is 35.5 Å². The van der Waals surface area contributed by atoms with E-state index in [9.17, 15) is 0 Å². The number of nitrogens with one attached hydrogen (secondary N) is 1. The number of benzene rings is 3. The van der Waals surface area contributed by atoms with Gasteiger partial charge >= 0.3 is 0 Å². The molecule has 0 radical (unpaired) electrons. The third-order valence-corrected chi connectivity index (χ3v) is 7.34. The highest BCUT2D eigenvalue weighted by atomic mass is 35.5. The van der Waals surface area contributed by atoms with Crippen molar-refractivity contribution in [3.63, 3.8) is 0 Å². The molecule has 5 nitrogen and oxygen atoms in total. The highest BCUT2D eigenvalue weighted by molar-refractivity contribution is 7.81. The van der Waals surface area contributed by atoms with Crippen LogP contribution >= 0.6 is 23.8 Å². The Morgan fingerprint density at radius 3 is 2.62 bits per heavy atom. The van der Waals surface area contributed by atoms with Crippen molar-refractivity contribution in [1.29, 1.82) is 0 Å². The van der Waals surface area contributed by atoms with E-state index in [1.807, 2.05) is 59.1 Å². The van der Waals surface area contributed by atoms with Crippen LogP contribution < -0.4 is 10.1 Å². The van der Waals surface area contributed by atoms with Gasteiger partial charge in [-0.15, -0.1) is 5.10 Å². The summed E-state index contributed by atoms with van der Waals surface area (Å²) in [6.45, 7) is 3.39. The fourth-order valence-electron chi connectivity index (χ4n) is 5.07. The van der Waals surface area contributed by atoms with Crippen LogP contribution in [-0.2, 0) is 19.6 Å². The van der Waals surface area contributed by atoms with E-state index in [-0.39, 0.29) is 0 Å². The molecule has 0 saturated heterocycles. The molecule has 6 rings (SSSR count). The van der Waals surface area contributed by atoms with Crippen molar-refractivity contribution in [1.82, 2.24) is 14.2 Å². The quantitative estimate of drug-likeness (QED) is 0.233. The maximum absolute atomic E-state index is 6.26. The minimum atomic E-state index is 0.388. The summed E-state index contributed by atoms with van der Waals surface area (Å²) in [5, 5.41) is 9.16. The molecule has 0 unspecified atom stereocenters. The van der Waals surface area contributed by atoms with Gasteiger partial charge in [-0.2, -0.15) is 0 Å². The molecular formula is C30H27ClN4OS. The van der Waals surface area contributed by atoms with Crippen LogP contribution in [0.5, 0.6) is 5.75 Å². The Labute approximate surface area is 226 Å². The topological polar surface area (TPSA) is 43.5 Å². The monoisotopic (exact) mass is 526 g/mol. The minimum absolute atomic E-state index is 0.388. The average Bonchev–Trinajstić information content (AvgIpc) is 3.30. The summed E-state index contributed by atoms with van der Waals surface area (Å²) in [6.07, 6.45) is 3.16. The Bertz CT molecular complexity index is 1590. The molecule has 0 aliphatic carbocycles. The summed E-state index contributed by atoms with van der Waals surface area (Å²) >= 11 is 12.3. The third-order valence-electron chi connectivity index (χ3n) is 6.81. The van der Waals surface area contributed by atoms with E-state index in [0.717, 1.165) is 65.5 Å². The van der Waals surface area contributed by atoms with Gasteiger partial charge in [-0.05, 0) is 62.1 Å². The van der Waals surface area contributed by atoms with E-state index in [1.54, 1.807) is 0 Å². The zero-order valence-corrected chi connectivity index (χ0v) is 22.1. The van der Waals surface area contributed by atoms with Gasteiger partial charge in [0.05, 0.1) is 0 Å². The first kappa shape index (κ1) is 23.8. The fourth-order valence-corrected chi connectivity index (χ4v) is 5.57. The lowest BCUT2D eigenvalue weighted by atomic mass is 9.97. The number of hydrogen-bond acceptors (Lipinski definition) is 3. The van der Waals surface area contributed by atoms with Gasteiger partial charge in [-0.25, -0.2) is 4.52 Å². The summed E-state index contributed by atoms with van der Waals surface area (Å²) in [7, 11) is 0. The Morgan fingerprint density at radius 2 is 1.84 bits per heavy atom. The number of anilines is 1. The molecule has 1 aliphatic heterocycles. The molecule has 0 saturated carbocycles. The van der Waals surface area contributed by atoms with E-state index in [2.05, 4.69) is 41.1 Å². The molecule has 37 heavy (non-hydrogen) atoms. The van der Waals surface area contributed by atoms with E-state index in [4.69, 9.17) is 33.7 Å². The Hall–Kier alpha value is -3.61. The normalized spacial score (nSPS) is 12.9. The molecule has 0 spiro atoms. The third kappa shape index (κ3) is 4.63. The molecule has 0 bridgehead atoms. The molecule has 1 N–H and O–H groups in total. The molecule has 186 valence electrons. The second-order valence-corrected chi connectivity index (χ2v) is 10.2. The van der Waals surface area contributed by atoms with E-state index < -0.39 is 0 Å². The summed E-state index contributed by atoms with van der Waals surface area (Å²) in [6, 6.07) is 26.2. The largest absolute Gasteiger partial charge is 0.486 e. The van der Waals surface area contributed by atoms with Crippen LogP contribution in [0, 0.1) is 6.92 Å². The van der Waals surface area contributed by atoms with Crippen molar-refractivity contribution >= 4 is 40.1 Å². The number of aryl methyl sites for hydroxylation is 3. The highest BCUT2D eigenvalue weighted by Gasteiger charge is 2.29. The number of para-hydroxylation sites is 1. The number of aromatic nitrogens is 3. The smallest absolute Gasteiger partial charge is 0.169 e. The average molecular weight is 527 g/mol. The van der Waals surface area contributed by atoms with Crippen molar-refractivity contribution in [2.24, 2.45) is 0 Å². The highest BCUT2D eigenvalue weighted by Crippen LogP contribution is 2.37. The van der Waals surface area contributed by atoms with Crippen molar-refractivity contribution < 1.29 is 4.74 Å². The van der Waals surface area contributed by atoms with Crippen LogP contribution in [0.4, 0.5) is 5.69 Å². The van der Waals surface area contributed by atoms with Crippen molar-refractivity contribution in [2.45, 2.75) is 39.3 Å². The lowest BCUT2D eigenvalue weighted by Crippen LogP contribution is -2.15. The number of nitrogens with zero attached hydrogens (tertiary/aromatic N) is 3. The summed E-state index contributed by atoms with van der Waals surface area (Å²) in [5.41, 5.74) is 7.64. The first-order valence-electron chi connectivity index (χ1n) is 12.5. The maximum atomic E-state index is 6.26. The number of halogens is 1. The van der Waals surface area contributed by atoms with Crippen molar-refractivity contribution in [3.8, 4) is 16.9 Å². The van der Waals surface area contributed by atoms with Gasteiger partial charge in [0.25, 0.3) is 0 Å². The van der Waals surface area contributed by atoms with Gasteiger partial charge in [-0.3, -0.25) is 0 Å². The van der Waals surface area contributed by atoms with Gasteiger partial charge in [0.15, 0.2) is 5.82 Å². The molecule has 3 aromatic carbocycles. The van der Waals surface area contributed by atoms with Crippen molar-refractivity contribution in [2.75, 3.05) is 5.32 Å². The van der Waals surface area contributed by atoms with Gasteiger partial charge in [-0.1, -0.05) is 77.9 Å². The first-order chi connectivity index (χ1) is 18.1. The second-order valence-electron chi connectivity index (χ2n) is 9.39. The second kappa shape index (κ2) is 10.0. The first-order valence-corrected chi connectivity index (χ1v) is 13.3. The lowest BCUT2D eigenvalue weighted by molar-refractivity contribution is 0.288. The molecule has 0 atom stereocenters. The van der Waals surface area contributed by atoms with E-state index in [1.165, 1.54) is 11.1 Å². The molecule has 0 fully saturated rings. The standard InChI is InChI=1S/C30H27ClN4OS/c1-20-13-15-21(16-14-20)27-25-12-5-6-17-34-26(19-36-24-10-3-2-4-11-24)33-35(30(25)34)28(27)29(37)32-23-9-7-8-22(31)18-23/h2-4,7-11,13-16,18H,5-6,12,17,19H2,1H3,(H,32,37). The predicted octanol–water partition coefficient (Wildman–Crippen LogP) is 7.47. The zero-order chi connectivity index (χ0) is 25.4. The summed E-state index contributed by atoms with van der Waals surface area (Å²) in [4.78, 5) is 0.611. The molecule has 0 amide bonds. The zero-order valence-electron chi connectivity index (χ0n) is 20.6. The van der Waals surface area contributed by atoms with Gasteiger partial charge in [0.2, 0.25) is 0 Å². The van der Waals surface area contributed by atoms with Gasteiger partial charge in [0, 0.05) is 28.4 Å². The summed E-state index contributed by atoms with van der Waals surface area (Å²) < 4.78 is 10.5. The molecule has 3 heterocycles. The van der Waals surface area contributed by atoms with Crippen LogP contribution in [0.3, 0.4) is 0 Å². The predicted molar refractivity (Wildman–Crippen MR) is 154 cm³/mol. The lowest BCUT2D eigenvalue weighted by Gasteiger charge is -2.12. The molecular weight excluding hydrogens is 500 g/mol. The number of rotatable bonds is 6. The number of ether oxygens (including phenoxy) is 1. The Morgan fingerprint density at radius 1 is 1.03 bits per heavy atom. The Balaban J connectivity index is 1.50. The summed E-state index contributed by atoms with van der Waals surface area (Å²) in [5.74, 6) is 1.72. The Kier molecular flexibility index (Phi) is 6.45. The number of hydrogen-bond donors (Lipinski definition) is 1. The number of thiocarbonyl (C=S) groups is 1. The van der Waals surface area contributed by atoms with Crippen molar-refractivity contribution in [3.05, 3.63) is 107 Å². The SMILES string of the molecule is Cc1ccc(-c2c3c4n(c(COc5ccccc5)nn4c2C(=S)Nc2cccc(Cl)c2)CCCC3)cc1. The van der Waals surface area contributed by atoms with Gasteiger partial charge in [0.1, 0.15) is 28.7 Å². The fraction of sp³-hybridized carbons (Fsp3) is 0.200. The van der Waals surface area contributed by atoms with Crippen LogP contribution in [0.15, 0.2) is 78.9 Å². The van der Waals surface area contributed by atoms with Gasteiger partial charge < -0.3 is 14.6 Å². The van der Waals surface area contributed by atoms with E-state index in [0.29, 0.717) is 16.6 Å². The molecule has 2 aromatic heterocycles. The van der Waals surface area contributed by atoms with Crippen LogP contribution in [0.25, 0.3) is 16.8 Å². The van der Waals surface area contributed by atoms with Crippen LogP contribution in [0.2, 0.25) is 5.02 Å². The molecule has 1 aliphatic rings.